The minimum absolute atomic E-state index is 0.0735. The highest BCUT2D eigenvalue weighted by atomic mass is 32.1. The normalized spacial score (nSPS) is 13.1. The third-order valence-electron chi connectivity index (χ3n) is 2.48. The lowest BCUT2D eigenvalue weighted by Gasteiger charge is -1.96. The molecule has 0 spiro atoms. The van der Waals surface area contributed by atoms with Crippen molar-refractivity contribution in [1.29, 1.82) is 0 Å². The Kier molecular flexibility index (Phi) is 2.85. The third-order valence-corrected chi connectivity index (χ3v) is 4.58. The number of hydrogen-bond acceptors (Lipinski definition) is 5. The summed E-state index contributed by atoms with van der Waals surface area (Å²) in [6.45, 7) is 1.90. The molecule has 3 rings (SSSR count). The number of hydrogen-bond donors (Lipinski definition) is 1. The van der Waals surface area contributed by atoms with Crippen molar-refractivity contribution in [2.45, 2.75) is 13.0 Å². The summed E-state index contributed by atoms with van der Waals surface area (Å²) in [6.07, 6.45) is 0. The topological polar surface area (TPSA) is 51.8 Å². The molecule has 3 nitrogen and oxygen atoms in total. The van der Waals surface area contributed by atoms with Gasteiger partial charge in [0, 0.05) is 11.4 Å². The monoisotopic (exact) mass is 279 g/mol. The van der Waals surface area contributed by atoms with Crippen LogP contribution in [0, 0.1) is 5.82 Å². The lowest BCUT2D eigenvalue weighted by Crippen LogP contribution is -2.03. The average molecular weight is 279 g/mol. The summed E-state index contributed by atoms with van der Waals surface area (Å²) >= 11 is 3.03. The van der Waals surface area contributed by atoms with Crippen molar-refractivity contribution < 1.29 is 4.39 Å². The van der Waals surface area contributed by atoms with Crippen LogP contribution >= 0.6 is 22.7 Å². The predicted octanol–water partition coefficient (Wildman–Crippen LogP) is 3.58. The van der Waals surface area contributed by atoms with Gasteiger partial charge in [-0.1, -0.05) is 0 Å². The summed E-state index contributed by atoms with van der Waals surface area (Å²) in [7, 11) is 0. The molecule has 1 atom stereocenters. The van der Waals surface area contributed by atoms with Crippen molar-refractivity contribution in [2.24, 2.45) is 5.73 Å². The highest BCUT2D eigenvalue weighted by Gasteiger charge is 2.12. The van der Waals surface area contributed by atoms with Crippen molar-refractivity contribution in [2.75, 3.05) is 0 Å². The molecular formula is C12H10FN3S2. The van der Waals surface area contributed by atoms with Crippen molar-refractivity contribution in [1.82, 2.24) is 9.97 Å². The minimum Gasteiger partial charge on any atom is -0.322 e. The quantitative estimate of drug-likeness (QED) is 0.780. The summed E-state index contributed by atoms with van der Waals surface area (Å²) in [5, 5.41) is 3.63. The van der Waals surface area contributed by atoms with E-state index in [4.69, 9.17) is 5.73 Å². The van der Waals surface area contributed by atoms with Crippen LogP contribution in [0.25, 0.3) is 20.9 Å². The van der Waals surface area contributed by atoms with E-state index in [0.29, 0.717) is 5.52 Å². The smallest absolute Gasteiger partial charge is 0.143 e. The van der Waals surface area contributed by atoms with Crippen LogP contribution in [-0.2, 0) is 0 Å². The Morgan fingerprint density at radius 3 is 2.89 bits per heavy atom. The van der Waals surface area contributed by atoms with Crippen LogP contribution in [0.1, 0.15) is 18.0 Å². The maximum Gasteiger partial charge on any atom is 0.143 e. The molecule has 2 heterocycles. The molecule has 0 radical (unpaired) electrons. The zero-order valence-corrected chi connectivity index (χ0v) is 11.2. The second-order valence-electron chi connectivity index (χ2n) is 3.99. The van der Waals surface area contributed by atoms with Gasteiger partial charge in [-0.25, -0.2) is 14.4 Å². The van der Waals surface area contributed by atoms with Gasteiger partial charge < -0.3 is 5.73 Å². The van der Waals surface area contributed by atoms with Gasteiger partial charge in [-0.2, -0.15) is 0 Å². The van der Waals surface area contributed by atoms with Gasteiger partial charge in [0.1, 0.15) is 21.5 Å². The Morgan fingerprint density at radius 1 is 1.33 bits per heavy atom. The van der Waals surface area contributed by atoms with Crippen LogP contribution in [0.3, 0.4) is 0 Å². The fraction of sp³-hybridized carbons (Fsp3) is 0.167. The van der Waals surface area contributed by atoms with E-state index in [9.17, 15) is 4.39 Å². The molecule has 0 bridgehead atoms. The number of thiazole rings is 2. The summed E-state index contributed by atoms with van der Waals surface area (Å²) in [4.78, 5) is 8.84. The molecule has 2 aromatic heterocycles. The third kappa shape index (κ3) is 2.03. The van der Waals surface area contributed by atoms with Gasteiger partial charge in [-0.3, -0.25) is 0 Å². The standard InChI is InChI=1S/C12H10FN3S2/c1-6(14)11-16-9(5-17-11)12-15-8-4-7(13)2-3-10(8)18-12/h2-6H,14H2,1H3. The van der Waals surface area contributed by atoms with E-state index in [2.05, 4.69) is 9.97 Å². The molecule has 0 aliphatic rings. The fourth-order valence-corrected chi connectivity index (χ4v) is 3.35. The van der Waals surface area contributed by atoms with E-state index in [0.717, 1.165) is 20.4 Å². The zero-order chi connectivity index (χ0) is 12.7. The molecule has 1 unspecified atom stereocenters. The van der Waals surface area contributed by atoms with Gasteiger partial charge in [0.25, 0.3) is 0 Å². The van der Waals surface area contributed by atoms with Crippen LogP contribution < -0.4 is 5.73 Å². The van der Waals surface area contributed by atoms with Gasteiger partial charge in [-0.15, -0.1) is 22.7 Å². The number of halogens is 1. The van der Waals surface area contributed by atoms with E-state index < -0.39 is 0 Å². The Bertz CT molecular complexity index is 702. The second kappa shape index (κ2) is 4.38. The van der Waals surface area contributed by atoms with Gasteiger partial charge in [-0.05, 0) is 19.1 Å². The molecule has 6 heteroatoms. The molecule has 1 aromatic carbocycles. The molecule has 0 fully saturated rings. The van der Waals surface area contributed by atoms with E-state index in [1.165, 1.54) is 34.8 Å². The first-order valence-electron chi connectivity index (χ1n) is 5.41. The number of rotatable bonds is 2. The molecule has 0 saturated carbocycles. The number of benzene rings is 1. The van der Waals surface area contributed by atoms with Crippen molar-refractivity contribution in [3.8, 4) is 10.7 Å². The van der Waals surface area contributed by atoms with Crippen molar-refractivity contribution >= 4 is 32.9 Å². The number of fused-ring (bicyclic) bond motifs is 1. The van der Waals surface area contributed by atoms with Gasteiger partial charge >= 0.3 is 0 Å². The molecule has 2 N–H and O–H groups in total. The highest BCUT2D eigenvalue weighted by molar-refractivity contribution is 7.21. The molecule has 0 amide bonds. The summed E-state index contributed by atoms with van der Waals surface area (Å²) in [5.74, 6) is -0.270. The van der Waals surface area contributed by atoms with E-state index >= 15 is 0 Å². The van der Waals surface area contributed by atoms with E-state index in [1.54, 1.807) is 6.07 Å². The van der Waals surface area contributed by atoms with Crippen LogP contribution in [0.2, 0.25) is 0 Å². The first-order valence-corrected chi connectivity index (χ1v) is 7.10. The lowest BCUT2D eigenvalue weighted by atomic mass is 10.3. The van der Waals surface area contributed by atoms with Crippen LogP contribution in [0.5, 0.6) is 0 Å². The molecule has 0 saturated heterocycles. The maximum atomic E-state index is 13.1. The Balaban J connectivity index is 2.07. The first kappa shape index (κ1) is 11.7. The fourth-order valence-electron chi connectivity index (χ4n) is 1.61. The number of nitrogens with two attached hydrogens (primary N) is 1. The zero-order valence-electron chi connectivity index (χ0n) is 9.55. The van der Waals surface area contributed by atoms with E-state index in [-0.39, 0.29) is 11.9 Å². The van der Waals surface area contributed by atoms with Crippen LogP contribution in [0.15, 0.2) is 23.6 Å². The number of aromatic nitrogens is 2. The second-order valence-corrected chi connectivity index (χ2v) is 5.91. The molecular weight excluding hydrogens is 269 g/mol. The Morgan fingerprint density at radius 2 is 2.17 bits per heavy atom. The van der Waals surface area contributed by atoms with Crippen LogP contribution in [0.4, 0.5) is 4.39 Å². The lowest BCUT2D eigenvalue weighted by molar-refractivity contribution is 0.629. The molecule has 18 heavy (non-hydrogen) atoms. The molecule has 0 aliphatic carbocycles. The SMILES string of the molecule is CC(N)c1nc(-c2nc3cc(F)ccc3s2)cs1. The Hall–Kier alpha value is -1.37. The largest absolute Gasteiger partial charge is 0.322 e. The molecule has 3 aromatic rings. The predicted molar refractivity (Wildman–Crippen MR) is 73.3 cm³/mol. The van der Waals surface area contributed by atoms with Gasteiger partial charge in [0.2, 0.25) is 0 Å². The maximum absolute atomic E-state index is 13.1. The van der Waals surface area contributed by atoms with E-state index in [1.807, 2.05) is 12.3 Å². The van der Waals surface area contributed by atoms with Gasteiger partial charge in [0.15, 0.2) is 0 Å². The minimum atomic E-state index is -0.270. The van der Waals surface area contributed by atoms with Gasteiger partial charge in [0.05, 0.1) is 16.3 Å². The summed E-state index contributed by atoms with van der Waals surface area (Å²) in [5.41, 5.74) is 7.27. The average Bonchev–Trinajstić information content (AvgIpc) is 2.93. The highest BCUT2D eigenvalue weighted by Crippen LogP contribution is 2.31. The summed E-state index contributed by atoms with van der Waals surface area (Å²) in [6, 6.07) is 4.55. The first-order chi connectivity index (χ1) is 8.63. The summed E-state index contributed by atoms with van der Waals surface area (Å²) < 4.78 is 14.1. The molecule has 92 valence electrons. The Labute approximate surface area is 111 Å². The number of nitrogens with zero attached hydrogens (tertiary/aromatic N) is 2. The van der Waals surface area contributed by atoms with Crippen molar-refractivity contribution in [3.63, 3.8) is 0 Å². The molecule has 0 aliphatic heterocycles. The van der Waals surface area contributed by atoms with Crippen LogP contribution in [-0.4, -0.2) is 9.97 Å². The van der Waals surface area contributed by atoms with Crippen molar-refractivity contribution in [3.05, 3.63) is 34.4 Å².